The summed E-state index contributed by atoms with van der Waals surface area (Å²) in [5, 5.41) is 8.18. The summed E-state index contributed by atoms with van der Waals surface area (Å²) in [4.78, 5) is 23.3. The molecule has 1 amide bonds. The molecule has 0 aliphatic carbocycles. The molecule has 3 aromatic heterocycles. The molecular weight excluding hydrogens is 320 g/mol. The first kappa shape index (κ1) is 15.7. The Morgan fingerprint density at radius 2 is 2.08 bits per heavy atom. The molecule has 1 fully saturated rings. The lowest BCUT2D eigenvalue weighted by Crippen LogP contribution is -2.38. The molecule has 0 atom stereocenters. The van der Waals surface area contributed by atoms with E-state index < -0.39 is 0 Å². The summed E-state index contributed by atoms with van der Waals surface area (Å²) in [6.45, 7) is 5.41. The maximum Gasteiger partial charge on any atom is 0.272 e. The predicted molar refractivity (Wildman–Crippen MR) is 89.3 cm³/mol. The van der Waals surface area contributed by atoms with Crippen LogP contribution in [0.25, 0.3) is 5.65 Å². The molecule has 0 bridgehead atoms. The van der Waals surface area contributed by atoms with E-state index >= 15 is 0 Å². The van der Waals surface area contributed by atoms with Crippen LogP contribution >= 0.6 is 0 Å². The number of nitrogens with zero attached hydrogens (tertiary/aromatic N) is 6. The SMILES string of the molecule is CC(C)c1noc(C2CCN(C(=O)c3cccc4ncnn34)CC2)n1. The number of aromatic nitrogens is 5. The molecule has 1 aliphatic heterocycles. The first-order chi connectivity index (χ1) is 12.1. The molecule has 0 N–H and O–H groups in total. The fourth-order valence-electron chi connectivity index (χ4n) is 3.15. The topological polar surface area (TPSA) is 89.4 Å². The van der Waals surface area contributed by atoms with Gasteiger partial charge < -0.3 is 9.42 Å². The zero-order valence-electron chi connectivity index (χ0n) is 14.3. The first-order valence-corrected chi connectivity index (χ1v) is 8.55. The van der Waals surface area contributed by atoms with Gasteiger partial charge in [0.25, 0.3) is 5.91 Å². The van der Waals surface area contributed by atoms with Gasteiger partial charge in [0.2, 0.25) is 5.89 Å². The molecule has 25 heavy (non-hydrogen) atoms. The minimum absolute atomic E-state index is 0.0250. The van der Waals surface area contributed by atoms with E-state index in [0.29, 0.717) is 30.3 Å². The van der Waals surface area contributed by atoms with Crippen molar-refractivity contribution in [2.75, 3.05) is 13.1 Å². The number of pyridine rings is 1. The summed E-state index contributed by atoms with van der Waals surface area (Å²) >= 11 is 0. The van der Waals surface area contributed by atoms with Crippen LogP contribution < -0.4 is 0 Å². The van der Waals surface area contributed by atoms with E-state index in [1.807, 2.05) is 30.9 Å². The maximum absolute atomic E-state index is 12.8. The summed E-state index contributed by atoms with van der Waals surface area (Å²) < 4.78 is 6.99. The smallest absolute Gasteiger partial charge is 0.272 e. The van der Waals surface area contributed by atoms with Crippen molar-refractivity contribution >= 4 is 11.6 Å². The van der Waals surface area contributed by atoms with Crippen molar-refractivity contribution in [3.05, 3.63) is 41.9 Å². The summed E-state index contributed by atoms with van der Waals surface area (Å²) in [6, 6.07) is 5.44. The Kier molecular flexibility index (Phi) is 3.95. The zero-order chi connectivity index (χ0) is 17.4. The number of rotatable bonds is 3. The summed E-state index contributed by atoms with van der Waals surface area (Å²) in [5.74, 6) is 1.87. The highest BCUT2D eigenvalue weighted by Crippen LogP contribution is 2.28. The Morgan fingerprint density at radius 3 is 2.80 bits per heavy atom. The molecule has 4 rings (SSSR count). The van der Waals surface area contributed by atoms with E-state index in [-0.39, 0.29) is 17.7 Å². The second-order valence-corrected chi connectivity index (χ2v) is 6.65. The number of likely N-dealkylation sites (tertiary alicyclic amines) is 1. The van der Waals surface area contributed by atoms with Gasteiger partial charge in [-0.3, -0.25) is 4.79 Å². The van der Waals surface area contributed by atoms with Crippen LogP contribution in [0.2, 0.25) is 0 Å². The van der Waals surface area contributed by atoms with Crippen molar-refractivity contribution < 1.29 is 9.32 Å². The lowest BCUT2D eigenvalue weighted by molar-refractivity contribution is 0.0695. The van der Waals surface area contributed by atoms with Crippen LogP contribution in [0.4, 0.5) is 0 Å². The van der Waals surface area contributed by atoms with Crippen LogP contribution in [-0.4, -0.2) is 48.6 Å². The molecule has 0 aromatic carbocycles. The molecule has 0 spiro atoms. The molecule has 0 radical (unpaired) electrons. The van der Waals surface area contributed by atoms with Crippen LogP contribution in [0.3, 0.4) is 0 Å². The average molecular weight is 340 g/mol. The number of carbonyl (C=O) groups is 1. The Hall–Kier alpha value is -2.77. The Labute approximate surface area is 144 Å². The van der Waals surface area contributed by atoms with E-state index in [9.17, 15) is 4.79 Å². The standard InChI is InChI=1S/C17H20N6O2/c1-11(2)15-20-16(25-21-15)12-6-8-22(9-7-12)17(24)13-4-3-5-14-18-10-19-23(13)14/h3-5,10-12H,6-9H2,1-2H3. The number of hydrogen-bond donors (Lipinski definition) is 0. The van der Waals surface area contributed by atoms with Gasteiger partial charge in [-0.05, 0) is 25.0 Å². The van der Waals surface area contributed by atoms with Crippen LogP contribution in [0.15, 0.2) is 29.0 Å². The minimum Gasteiger partial charge on any atom is -0.339 e. The van der Waals surface area contributed by atoms with Gasteiger partial charge in [0.05, 0.1) is 0 Å². The Bertz CT molecular complexity index is 891. The maximum atomic E-state index is 12.8. The molecule has 8 heteroatoms. The van der Waals surface area contributed by atoms with Crippen LogP contribution in [0.1, 0.15) is 60.7 Å². The van der Waals surface area contributed by atoms with Gasteiger partial charge in [0.15, 0.2) is 11.5 Å². The number of piperidine rings is 1. The van der Waals surface area contributed by atoms with Gasteiger partial charge in [-0.15, -0.1) is 0 Å². The van der Waals surface area contributed by atoms with Gasteiger partial charge in [0.1, 0.15) is 12.0 Å². The number of carbonyl (C=O) groups excluding carboxylic acids is 1. The van der Waals surface area contributed by atoms with Gasteiger partial charge in [0, 0.05) is 24.9 Å². The third-order valence-electron chi connectivity index (χ3n) is 4.63. The highest BCUT2D eigenvalue weighted by molar-refractivity contribution is 5.93. The van der Waals surface area contributed by atoms with E-state index in [1.165, 1.54) is 6.33 Å². The minimum atomic E-state index is -0.0250. The number of hydrogen-bond acceptors (Lipinski definition) is 6. The summed E-state index contributed by atoms with van der Waals surface area (Å²) in [5.41, 5.74) is 1.21. The van der Waals surface area contributed by atoms with Crippen LogP contribution in [0, 0.1) is 0 Å². The lowest BCUT2D eigenvalue weighted by atomic mass is 9.96. The lowest BCUT2D eigenvalue weighted by Gasteiger charge is -2.30. The van der Waals surface area contributed by atoms with E-state index in [1.54, 1.807) is 10.6 Å². The fraction of sp³-hybridized carbons (Fsp3) is 0.471. The Balaban J connectivity index is 1.46. The zero-order valence-corrected chi connectivity index (χ0v) is 14.3. The van der Waals surface area contributed by atoms with Crippen molar-refractivity contribution in [3.63, 3.8) is 0 Å². The summed E-state index contributed by atoms with van der Waals surface area (Å²) in [7, 11) is 0. The third-order valence-corrected chi connectivity index (χ3v) is 4.63. The summed E-state index contributed by atoms with van der Waals surface area (Å²) in [6.07, 6.45) is 3.10. The second-order valence-electron chi connectivity index (χ2n) is 6.65. The van der Waals surface area contributed by atoms with Crippen molar-refractivity contribution in [2.45, 2.75) is 38.5 Å². The van der Waals surface area contributed by atoms with Gasteiger partial charge in [-0.1, -0.05) is 25.1 Å². The van der Waals surface area contributed by atoms with E-state index in [2.05, 4.69) is 20.2 Å². The highest BCUT2D eigenvalue weighted by Gasteiger charge is 2.29. The molecule has 0 saturated carbocycles. The van der Waals surface area contributed by atoms with Gasteiger partial charge in [-0.2, -0.15) is 10.1 Å². The van der Waals surface area contributed by atoms with Crippen molar-refractivity contribution in [2.24, 2.45) is 0 Å². The normalized spacial score (nSPS) is 16.0. The van der Waals surface area contributed by atoms with Crippen LogP contribution in [-0.2, 0) is 0 Å². The first-order valence-electron chi connectivity index (χ1n) is 8.55. The van der Waals surface area contributed by atoms with Crippen molar-refractivity contribution in [1.29, 1.82) is 0 Å². The van der Waals surface area contributed by atoms with Crippen LogP contribution in [0.5, 0.6) is 0 Å². The fourth-order valence-corrected chi connectivity index (χ4v) is 3.15. The van der Waals surface area contributed by atoms with Gasteiger partial charge >= 0.3 is 0 Å². The largest absolute Gasteiger partial charge is 0.339 e. The quantitative estimate of drug-likeness (QED) is 0.726. The van der Waals surface area contributed by atoms with Crippen molar-refractivity contribution in [1.82, 2.24) is 29.6 Å². The molecule has 0 unspecified atom stereocenters. The van der Waals surface area contributed by atoms with Crippen molar-refractivity contribution in [3.8, 4) is 0 Å². The molecule has 4 heterocycles. The molecule has 3 aromatic rings. The van der Waals surface area contributed by atoms with E-state index in [0.717, 1.165) is 18.7 Å². The molecule has 1 saturated heterocycles. The Morgan fingerprint density at radius 1 is 1.28 bits per heavy atom. The second kappa shape index (κ2) is 6.27. The number of fused-ring (bicyclic) bond motifs is 1. The third kappa shape index (κ3) is 2.88. The molecule has 8 nitrogen and oxygen atoms in total. The predicted octanol–water partition coefficient (Wildman–Crippen LogP) is 2.26. The molecule has 1 aliphatic rings. The highest BCUT2D eigenvalue weighted by atomic mass is 16.5. The monoisotopic (exact) mass is 340 g/mol. The van der Waals surface area contributed by atoms with E-state index in [4.69, 9.17) is 4.52 Å². The number of amides is 1. The molecule has 130 valence electrons. The van der Waals surface area contributed by atoms with Gasteiger partial charge in [-0.25, -0.2) is 9.50 Å². The average Bonchev–Trinajstić information content (AvgIpc) is 3.30. The molecular formula is C17H20N6O2.